The van der Waals surface area contributed by atoms with Crippen molar-refractivity contribution in [1.29, 1.82) is 0 Å². The number of rotatable bonds is 16. The van der Waals surface area contributed by atoms with Crippen molar-refractivity contribution in [2.24, 2.45) is 17.8 Å². The molecule has 9 heteroatoms. The summed E-state index contributed by atoms with van der Waals surface area (Å²) in [6, 6.07) is 20.3. The lowest BCUT2D eigenvalue weighted by molar-refractivity contribution is -0.139. The van der Waals surface area contributed by atoms with Gasteiger partial charge in [0.25, 0.3) is 0 Å². The number of carbonyl (C=O) groups is 1. The average molecular weight is 674 g/mol. The van der Waals surface area contributed by atoms with Crippen LogP contribution in [-0.2, 0) is 31.7 Å². The zero-order chi connectivity index (χ0) is 33.4. The smallest absolute Gasteiger partial charge is 0.233 e. The van der Waals surface area contributed by atoms with E-state index in [1.54, 1.807) is 23.8 Å². The molecule has 2 aromatic rings. The summed E-state index contributed by atoms with van der Waals surface area (Å²) in [5.41, 5.74) is 2.30. The maximum atomic E-state index is 14.0. The second kappa shape index (κ2) is 17.0. The third kappa shape index (κ3) is 10.2. The second-order valence-corrected chi connectivity index (χ2v) is 20.5. The molecule has 1 N–H and O–H groups in total. The number of thioether (sulfide) groups is 1. The van der Waals surface area contributed by atoms with Crippen molar-refractivity contribution < 1.29 is 23.8 Å². The van der Waals surface area contributed by atoms with Crippen LogP contribution in [-0.4, -0.2) is 72.4 Å². The summed E-state index contributed by atoms with van der Waals surface area (Å²) < 4.78 is 19.7. The van der Waals surface area contributed by atoms with E-state index >= 15 is 0 Å². The van der Waals surface area contributed by atoms with Gasteiger partial charge in [0, 0.05) is 31.3 Å². The summed E-state index contributed by atoms with van der Waals surface area (Å²) in [5.74, 6) is -0.393. The molecular formula is C36H55NO5S2Si. The molecule has 0 radical (unpaired) electrons. The SMILES string of the molecule is CO[C@@H](CCOCc1ccccc1)[C@H](C)[C@H](O[Si](C)(C)C(C)(C)C)[C@@H](C)[C@@H](O)[C@H](C)C(=O)N1C(=S)SC[C@@H]1Cc1ccccc1. The van der Waals surface area contributed by atoms with Gasteiger partial charge in [-0.25, -0.2) is 0 Å². The lowest BCUT2D eigenvalue weighted by atomic mass is 9.81. The van der Waals surface area contributed by atoms with Gasteiger partial charge in [-0.1, -0.05) is 126 Å². The topological polar surface area (TPSA) is 68.2 Å². The van der Waals surface area contributed by atoms with Crippen molar-refractivity contribution in [3.05, 3.63) is 71.8 Å². The molecule has 1 aliphatic rings. The van der Waals surface area contributed by atoms with Gasteiger partial charge in [-0.3, -0.25) is 9.69 Å². The number of carbonyl (C=O) groups excluding carboxylic acids is 1. The van der Waals surface area contributed by atoms with Crippen LogP contribution >= 0.6 is 24.0 Å². The average Bonchev–Trinajstić information content (AvgIpc) is 3.37. The van der Waals surface area contributed by atoms with Gasteiger partial charge in [0.15, 0.2) is 8.32 Å². The molecule has 3 rings (SSSR count). The minimum Gasteiger partial charge on any atom is -0.413 e. The molecule has 7 atom stereocenters. The van der Waals surface area contributed by atoms with Crippen LogP contribution in [0.1, 0.15) is 59.1 Å². The number of thiocarbonyl (C=S) groups is 1. The van der Waals surface area contributed by atoms with Crippen molar-refractivity contribution in [2.45, 2.75) is 103 Å². The normalized spacial score (nSPS) is 20.0. The predicted molar refractivity (Wildman–Crippen MR) is 193 cm³/mol. The number of nitrogens with zero attached hydrogens (tertiary/aromatic N) is 1. The number of hydrogen-bond acceptors (Lipinski definition) is 7. The maximum Gasteiger partial charge on any atom is 0.233 e. The van der Waals surface area contributed by atoms with Gasteiger partial charge in [-0.05, 0) is 42.1 Å². The molecule has 0 saturated carbocycles. The van der Waals surface area contributed by atoms with E-state index < -0.39 is 20.3 Å². The zero-order valence-electron chi connectivity index (χ0n) is 28.7. The third-order valence-corrected chi connectivity index (χ3v) is 15.8. The van der Waals surface area contributed by atoms with Crippen LogP contribution in [0, 0.1) is 17.8 Å². The molecule has 0 aromatic heterocycles. The Hall–Kier alpha value is -1.59. The molecule has 2 aromatic carbocycles. The Morgan fingerprint density at radius 1 is 1.02 bits per heavy atom. The first-order valence-electron chi connectivity index (χ1n) is 16.2. The molecule has 1 saturated heterocycles. The van der Waals surface area contributed by atoms with Crippen LogP contribution in [0.4, 0.5) is 0 Å². The Labute approximate surface area is 282 Å². The molecule has 1 fully saturated rings. The van der Waals surface area contributed by atoms with Crippen molar-refractivity contribution in [2.75, 3.05) is 19.5 Å². The molecule has 6 nitrogen and oxygen atoms in total. The highest BCUT2D eigenvalue weighted by molar-refractivity contribution is 8.23. The highest BCUT2D eigenvalue weighted by Crippen LogP contribution is 2.41. The quantitative estimate of drug-likeness (QED) is 0.111. The Morgan fingerprint density at radius 3 is 2.16 bits per heavy atom. The number of benzene rings is 2. The summed E-state index contributed by atoms with van der Waals surface area (Å²) in [6.45, 7) is 18.2. The fourth-order valence-electron chi connectivity index (χ4n) is 5.76. The first-order chi connectivity index (χ1) is 21.2. The lowest BCUT2D eigenvalue weighted by Gasteiger charge is -2.45. The second-order valence-electron chi connectivity index (χ2n) is 14.1. The monoisotopic (exact) mass is 673 g/mol. The van der Waals surface area contributed by atoms with Crippen LogP contribution in [0.15, 0.2) is 60.7 Å². The van der Waals surface area contributed by atoms with Gasteiger partial charge < -0.3 is 19.0 Å². The van der Waals surface area contributed by atoms with E-state index in [0.29, 0.717) is 24.0 Å². The summed E-state index contributed by atoms with van der Waals surface area (Å²) in [4.78, 5) is 15.8. The van der Waals surface area contributed by atoms with Crippen LogP contribution in [0.2, 0.25) is 18.1 Å². The fourth-order valence-corrected chi connectivity index (χ4v) is 8.65. The number of aliphatic hydroxyl groups excluding tert-OH is 1. The number of aliphatic hydroxyl groups is 1. The summed E-state index contributed by atoms with van der Waals surface area (Å²) in [6.07, 6.45) is 0.0322. The molecule has 250 valence electrons. The number of methoxy groups -OCH3 is 1. The number of amides is 1. The molecule has 1 heterocycles. The highest BCUT2D eigenvalue weighted by atomic mass is 32.2. The van der Waals surface area contributed by atoms with Crippen molar-refractivity contribution >= 4 is 42.5 Å². The van der Waals surface area contributed by atoms with Crippen molar-refractivity contribution in [3.63, 3.8) is 0 Å². The summed E-state index contributed by atoms with van der Waals surface area (Å²) >= 11 is 7.20. The molecule has 1 aliphatic heterocycles. The van der Waals surface area contributed by atoms with Gasteiger partial charge in [0.05, 0.1) is 36.9 Å². The van der Waals surface area contributed by atoms with Crippen molar-refractivity contribution in [3.8, 4) is 0 Å². The standard InChI is InChI=1S/C36H55NO5S2Si/c1-25(31(40-7)20-21-41-23-29-18-14-11-15-19-29)33(42-45(8,9)36(4,5)6)26(2)32(38)27(3)34(39)37-30(24-44-35(37)43)22-28-16-12-10-13-17-28/h10-19,25-27,30-33,38H,20-24H2,1-9H3/t25-,26-,27-,30-,31-,32+,33-/m0/s1. The largest absolute Gasteiger partial charge is 0.413 e. The Morgan fingerprint density at radius 2 is 1.60 bits per heavy atom. The fraction of sp³-hybridized carbons (Fsp3) is 0.611. The first-order valence-corrected chi connectivity index (χ1v) is 20.5. The van der Waals surface area contributed by atoms with E-state index in [9.17, 15) is 9.90 Å². The summed E-state index contributed by atoms with van der Waals surface area (Å²) in [7, 11) is -0.520. The van der Waals surface area contributed by atoms with E-state index in [0.717, 1.165) is 17.7 Å². The van der Waals surface area contributed by atoms with Gasteiger partial charge in [-0.2, -0.15) is 0 Å². The molecule has 0 unspecified atom stereocenters. The molecule has 0 spiro atoms. The van der Waals surface area contributed by atoms with Crippen LogP contribution in [0.5, 0.6) is 0 Å². The minimum atomic E-state index is -2.25. The first kappa shape index (κ1) is 37.9. The lowest BCUT2D eigenvalue weighted by Crippen LogP contribution is -2.53. The Kier molecular flexibility index (Phi) is 14.3. The third-order valence-electron chi connectivity index (χ3n) is 9.77. The van der Waals surface area contributed by atoms with Crippen LogP contribution < -0.4 is 0 Å². The molecule has 45 heavy (non-hydrogen) atoms. The molecule has 0 bridgehead atoms. The van der Waals surface area contributed by atoms with Gasteiger partial charge in [-0.15, -0.1) is 0 Å². The van der Waals surface area contributed by atoms with E-state index in [2.05, 4.69) is 65.1 Å². The summed E-state index contributed by atoms with van der Waals surface area (Å²) in [5, 5.41) is 11.8. The van der Waals surface area contributed by atoms with Gasteiger partial charge in [0.2, 0.25) is 5.91 Å². The van der Waals surface area contributed by atoms with E-state index in [-0.39, 0.29) is 41.0 Å². The Balaban J connectivity index is 1.77. The van der Waals surface area contributed by atoms with Crippen LogP contribution in [0.25, 0.3) is 0 Å². The number of hydrogen-bond donors (Lipinski definition) is 1. The molecular weight excluding hydrogens is 619 g/mol. The zero-order valence-corrected chi connectivity index (χ0v) is 31.3. The molecule has 0 aliphatic carbocycles. The number of ether oxygens (including phenoxy) is 2. The van der Waals surface area contributed by atoms with E-state index in [1.807, 2.05) is 50.2 Å². The predicted octanol–water partition coefficient (Wildman–Crippen LogP) is 7.74. The van der Waals surface area contributed by atoms with Gasteiger partial charge >= 0.3 is 0 Å². The molecule has 1 amide bonds. The highest BCUT2D eigenvalue weighted by Gasteiger charge is 2.46. The van der Waals surface area contributed by atoms with E-state index in [4.69, 9.17) is 26.1 Å². The van der Waals surface area contributed by atoms with Crippen molar-refractivity contribution in [1.82, 2.24) is 4.90 Å². The Bertz CT molecular complexity index is 1210. The minimum absolute atomic E-state index is 0.0257. The van der Waals surface area contributed by atoms with Gasteiger partial charge in [0.1, 0.15) is 4.32 Å². The van der Waals surface area contributed by atoms with Crippen LogP contribution in [0.3, 0.4) is 0 Å². The van der Waals surface area contributed by atoms with E-state index in [1.165, 1.54) is 5.56 Å². The maximum absolute atomic E-state index is 14.0.